The topological polar surface area (TPSA) is 112 Å². The quantitative estimate of drug-likeness (QED) is 0.337. The molecule has 10 heteroatoms. The molecular weight excluding hydrogens is 424 g/mol. The number of thioether (sulfide) groups is 1. The van der Waals surface area contributed by atoms with Gasteiger partial charge in [0.2, 0.25) is 5.95 Å². The van der Waals surface area contributed by atoms with Gasteiger partial charge in [-0.3, -0.25) is 0 Å². The molecular formula is C20H17ClN6O2S. The molecule has 1 aliphatic heterocycles. The molecule has 152 valence electrons. The maximum atomic E-state index is 6.66. The Hall–Kier alpha value is -2.88. The fourth-order valence-electron chi connectivity index (χ4n) is 3.52. The van der Waals surface area contributed by atoms with Crippen molar-refractivity contribution in [3.8, 4) is 11.4 Å². The molecule has 5 rings (SSSR count). The fraction of sp³-hybridized carbons (Fsp3) is 0.200. The Bertz CT molecular complexity index is 1220. The van der Waals surface area contributed by atoms with Crippen LogP contribution in [0.25, 0.3) is 22.2 Å². The first-order chi connectivity index (χ1) is 14.7. The van der Waals surface area contributed by atoms with Crippen LogP contribution in [0, 0.1) is 0 Å². The van der Waals surface area contributed by atoms with Gasteiger partial charge in [0.05, 0.1) is 18.2 Å². The molecule has 0 saturated carbocycles. The minimum Gasteiger partial charge on any atom is -0.449 e. The molecule has 2 aromatic heterocycles. The van der Waals surface area contributed by atoms with Crippen LogP contribution >= 0.6 is 23.4 Å². The second kappa shape index (κ2) is 8.10. The standard InChI is InChI=1S/C20H17ClN6O2S/c21-14-6-12-8-28-7-11-2-1-3-13(16(11)12)17(14)18-25-19(22)27-20(26-18)30-5-4-23-15-9-29-10-24-15/h1-3,6,9-10,23H,4-5,7-8H2,(H2,22,25,26,27). The highest BCUT2D eigenvalue weighted by molar-refractivity contribution is 7.99. The molecule has 4 aromatic rings. The van der Waals surface area contributed by atoms with Gasteiger partial charge >= 0.3 is 0 Å². The third-order valence-electron chi connectivity index (χ3n) is 4.72. The lowest BCUT2D eigenvalue weighted by Crippen LogP contribution is -2.08. The minimum absolute atomic E-state index is 0.159. The van der Waals surface area contributed by atoms with Crippen LogP contribution < -0.4 is 11.1 Å². The molecule has 0 fully saturated rings. The molecule has 0 saturated heterocycles. The first kappa shape index (κ1) is 19.1. The lowest BCUT2D eigenvalue weighted by molar-refractivity contribution is 0.103. The van der Waals surface area contributed by atoms with Crippen molar-refractivity contribution < 1.29 is 9.15 Å². The van der Waals surface area contributed by atoms with Crippen LogP contribution in [0.1, 0.15) is 11.1 Å². The number of anilines is 2. The number of nitrogens with zero attached hydrogens (tertiary/aromatic N) is 4. The summed E-state index contributed by atoms with van der Waals surface area (Å²) < 4.78 is 10.6. The van der Waals surface area contributed by atoms with Crippen molar-refractivity contribution in [3.63, 3.8) is 0 Å². The Morgan fingerprint density at radius 2 is 2.07 bits per heavy atom. The van der Waals surface area contributed by atoms with Crippen LogP contribution in [0.5, 0.6) is 0 Å². The largest absolute Gasteiger partial charge is 0.449 e. The SMILES string of the molecule is Nc1nc(SCCNc2cocn2)nc(-c2c(Cl)cc3c4c(cccc24)COC3)n1. The second-order valence-electron chi connectivity index (χ2n) is 6.67. The van der Waals surface area contributed by atoms with Crippen LogP contribution in [-0.2, 0) is 18.0 Å². The summed E-state index contributed by atoms with van der Waals surface area (Å²) in [6.07, 6.45) is 2.93. The smallest absolute Gasteiger partial charge is 0.224 e. The van der Waals surface area contributed by atoms with E-state index in [1.54, 1.807) is 6.26 Å². The maximum Gasteiger partial charge on any atom is 0.224 e. The van der Waals surface area contributed by atoms with Gasteiger partial charge in [-0.2, -0.15) is 15.0 Å². The van der Waals surface area contributed by atoms with Gasteiger partial charge in [0, 0.05) is 17.9 Å². The number of nitrogens with two attached hydrogens (primary N) is 1. The van der Waals surface area contributed by atoms with Crippen molar-refractivity contribution >= 4 is 45.9 Å². The monoisotopic (exact) mass is 440 g/mol. The Morgan fingerprint density at radius 1 is 1.17 bits per heavy atom. The summed E-state index contributed by atoms with van der Waals surface area (Å²) in [7, 11) is 0. The lowest BCUT2D eigenvalue weighted by atomic mass is 9.94. The first-order valence-corrected chi connectivity index (χ1v) is 10.6. The Morgan fingerprint density at radius 3 is 2.93 bits per heavy atom. The number of benzene rings is 2. The number of nitrogens with one attached hydrogen (secondary N) is 1. The number of aromatic nitrogens is 4. The molecule has 0 amide bonds. The Kier molecular flexibility index (Phi) is 5.16. The van der Waals surface area contributed by atoms with Crippen molar-refractivity contribution in [1.82, 2.24) is 19.9 Å². The van der Waals surface area contributed by atoms with Crippen molar-refractivity contribution in [3.05, 3.63) is 53.1 Å². The highest BCUT2D eigenvalue weighted by Gasteiger charge is 2.20. The van der Waals surface area contributed by atoms with Gasteiger partial charge in [0.15, 0.2) is 23.2 Å². The molecule has 0 radical (unpaired) electrons. The molecule has 0 spiro atoms. The third kappa shape index (κ3) is 3.67. The van der Waals surface area contributed by atoms with Crippen LogP contribution in [0.15, 0.2) is 46.5 Å². The molecule has 3 heterocycles. The van der Waals surface area contributed by atoms with E-state index in [1.165, 1.54) is 18.2 Å². The van der Waals surface area contributed by atoms with Crippen LogP contribution in [0.4, 0.5) is 11.8 Å². The zero-order valence-corrected chi connectivity index (χ0v) is 17.3. The molecule has 8 nitrogen and oxygen atoms in total. The van der Waals surface area contributed by atoms with Crippen molar-refractivity contribution in [1.29, 1.82) is 0 Å². The van der Waals surface area contributed by atoms with Crippen molar-refractivity contribution in [2.24, 2.45) is 0 Å². The lowest BCUT2D eigenvalue weighted by Gasteiger charge is -2.20. The van der Waals surface area contributed by atoms with E-state index >= 15 is 0 Å². The van der Waals surface area contributed by atoms with Crippen molar-refractivity contribution in [2.45, 2.75) is 18.4 Å². The molecule has 0 atom stereocenters. The third-order valence-corrected chi connectivity index (χ3v) is 5.87. The van der Waals surface area contributed by atoms with E-state index in [2.05, 4.69) is 31.3 Å². The number of rotatable bonds is 6. The van der Waals surface area contributed by atoms with Gasteiger partial charge in [-0.15, -0.1) is 0 Å². The first-order valence-electron chi connectivity index (χ1n) is 9.26. The number of ether oxygens (including phenoxy) is 1. The number of hydrogen-bond acceptors (Lipinski definition) is 9. The average molecular weight is 441 g/mol. The summed E-state index contributed by atoms with van der Waals surface area (Å²) in [5.74, 6) is 2.03. The van der Waals surface area contributed by atoms with Crippen LogP contribution in [0.2, 0.25) is 5.02 Å². The van der Waals surface area contributed by atoms with Gasteiger partial charge < -0.3 is 20.2 Å². The average Bonchev–Trinajstić information content (AvgIpc) is 3.25. The highest BCUT2D eigenvalue weighted by Crippen LogP contribution is 2.39. The summed E-state index contributed by atoms with van der Waals surface area (Å²) in [5.41, 5.74) is 8.95. The Balaban J connectivity index is 1.47. The van der Waals surface area contributed by atoms with E-state index in [0.717, 1.165) is 27.5 Å². The Labute approximate surface area is 181 Å². The number of nitrogen functional groups attached to an aromatic ring is 1. The van der Waals surface area contributed by atoms with Gasteiger partial charge in [0.25, 0.3) is 0 Å². The second-order valence-corrected chi connectivity index (χ2v) is 8.14. The number of halogens is 1. The van der Waals surface area contributed by atoms with Gasteiger partial charge in [-0.25, -0.2) is 4.98 Å². The number of oxazole rings is 1. The van der Waals surface area contributed by atoms with E-state index in [-0.39, 0.29) is 5.95 Å². The van der Waals surface area contributed by atoms with Crippen molar-refractivity contribution in [2.75, 3.05) is 23.3 Å². The number of hydrogen-bond donors (Lipinski definition) is 2. The molecule has 3 N–H and O–H groups in total. The zero-order chi connectivity index (χ0) is 20.5. The predicted octanol–water partition coefficient (Wildman–Crippen LogP) is 4.15. The molecule has 0 bridgehead atoms. The molecule has 0 unspecified atom stereocenters. The summed E-state index contributed by atoms with van der Waals surface area (Å²) in [6, 6.07) is 8.01. The van der Waals surface area contributed by atoms with Crippen LogP contribution in [0.3, 0.4) is 0 Å². The van der Waals surface area contributed by atoms with E-state index in [4.69, 9.17) is 26.5 Å². The van der Waals surface area contributed by atoms with Gasteiger partial charge in [-0.05, 0) is 28.0 Å². The summed E-state index contributed by atoms with van der Waals surface area (Å²) in [5, 5.41) is 6.40. The molecule has 30 heavy (non-hydrogen) atoms. The summed E-state index contributed by atoms with van der Waals surface area (Å²) in [6.45, 7) is 1.77. The summed E-state index contributed by atoms with van der Waals surface area (Å²) >= 11 is 8.13. The van der Waals surface area contributed by atoms with E-state index in [1.807, 2.05) is 18.2 Å². The zero-order valence-electron chi connectivity index (χ0n) is 15.8. The van der Waals surface area contributed by atoms with E-state index in [0.29, 0.717) is 47.3 Å². The summed E-state index contributed by atoms with van der Waals surface area (Å²) in [4.78, 5) is 17.3. The molecule has 2 aromatic carbocycles. The normalized spacial score (nSPS) is 13.0. The van der Waals surface area contributed by atoms with Gasteiger partial charge in [-0.1, -0.05) is 41.6 Å². The highest BCUT2D eigenvalue weighted by atomic mass is 35.5. The fourth-order valence-corrected chi connectivity index (χ4v) is 4.53. The van der Waals surface area contributed by atoms with E-state index < -0.39 is 0 Å². The van der Waals surface area contributed by atoms with E-state index in [9.17, 15) is 0 Å². The predicted molar refractivity (Wildman–Crippen MR) is 116 cm³/mol. The maximum absolute atomic E-state index is 6.66. The van der Waals surface area contributed by atoms with Gasteiger partial charge in [0.1, 0.15) is 6.26 Å². The molecule has 1 aliphatic rings. The van der Waals surface area contributed by atoms with Crippen LogP contribution in [-0.4, -0.2) is 32.2 Å². The minimum atomic E-state index is 0.159. The molecule has 0 aliphatic carbocycles.